The van der Waals surface area contributed by atoms with Crippen molar-refractivity contribution in [1.29, 1.82) is 0 Å². The molecule has 0 aromatic rings. The third kappa shape index (κ3) is 3.69. The first-order valence-corrected chi connectivity index (χ1v) is 2.14. The number of halogens is 1. The predicted octanol–water partition coefficient (Wildman–Crippen LogP) is 0.839. The first kappa shape index (κ1) is 5.69. The van der Waals surface area contributed by atoms with Crippen LogP contribution in [0.2, 0.25) is 0 Å². The van der Waals surface area contributed by atoms with Crippen LogP contribution in [0.1, 0.15) is 0 Å². The molecule has 0 unspecified atom stereocenters. The Morgan fingerprint density at radius 1 is 2.00 bits per heavy atom. The molecule has 0 atom stereocenters. The Bertz CT molecular complexity index is 76.9. The van der Waals surface area contributed by atoms with Crippen molar-refractivity contribution in [3.05, 3.63) is 11.1 Å². The number of rotatable bonds is 1. The van der Waals surface area contributed by atoms with Crippen molar-refractivity contribution >= 4 is 22.1 Å². The van der Waals surface area contributed by atoms with Crippen LogP contribution in [0.25, 0.3) is 0 Å². The minimum Gasteiger partial charge on any atom is -0.323 e. The van der Waals surface area contributed by atoms with E-state index in [0.717, 1.165) is 0 Å². The first-order valence-electron chi connectivity index (χ1n) is 1.35. The van der Waals surface area contributed by atoms with Crippen LogP contribution in [0.5, 0.6) is 0 Å². The molecule has 0 fully saturated rings. The fourth-order valence-corrected chi connectivity index (χ4v) is 0.199. The Morgan fingerprint density at radius 2 is 2.50 bits per heavy atom. The van der Waals surface area contributed by atoms with Gasteiger partial charge in [-0.25, -0.2) is 0 Å². The van der Waals surface area contributed by atoms with E-state index in [1.807, 2.05) is 0 Å². The molecule has 0 aromatic heterocycles. The van der Waals surface area contributed by atoms with Gasteiger partial charge in [0.2, 0.25) is 0 Å². The van der Waals surface area contributed by atoms with Crippen LogP contribution in [-0.2, 0) is 0 Å². The average Bonchev–Trinajstić information content (AvgIpc) is 1.35. The lowest BCUT2D eigenvalue weighted by molar-refractivity contribution is 1.27. The van der Waals surface area contributed by atoms with Crippen molar-refractivity contribution in [2.75, 3.05) is 0 Å². The molecule has 0 radical (unpaired) electrons. The molecule has 0 heterocycles. The van der Waals surface area contributed by atoms with Crippen LogP contribution >= 0.6 is 15.9 Å². The lowest BCUT2D eigenvalue weighted by Crippen LogP contribution is -1.79. The molecule has 2 N–H and O–H groups in total. The number of nitrogens with zero attached hydrogens (tertiary/aromatic N) is 1. The topological polar surface area (TPSA) is 38.4 Å². The number of allylic oxidation sites excluding steroid dienone is 1. The van der Waals surface area contributed by atoms with E-state index in [-0.39, 0.29) is 0 Å². The molecule has 0 aliphatic rings. The highest BCUT2D eigenvalue weighted by atomic mass is 79.9. The molecule has 0 amide bonds. The summed E-state index contributed by atoms with van der Waals surface area (Å²) >= 11 is 3.01. The van der Waals surface area contributed by atoms with Gasteiger partial charge in [-0.05, 0) is 15.9 Å². The summed E-state index contributed by atoms with van der Waals surface area (Å²) in [5, 5.41) is 3.16. The Morgan fingerprint density at radius 3 is 2.50 bits per heavy atom. The summed E-state index contributed by atoms with van der Waals surface area (Å²) < 4.78 is 0.685. The van der Waals surface area contributed by atoms with Crippen LogP contribution in [0, 0.1) is 0 Å². The van der Waals surface area contributed by atoms with Gasteiger partial charge in [0, 0.05) is 4.48 Å². The van der Waals surface area contributed by atoms with Crippen LogP contribution in [0.3, 0.4) is 0 Å². The zero-order valence-corrected chi connectivity index (χ0v) is 4.77. The second-order valence-electron chi connectivity index (χ2n) is 0.725. The van der Waals surface area contributed by atoms with Gasteiger partial charge in [-0.3, -0.25) is 0 Å². The van der Waals surface area contributed by atoms with E-state index in [9.17, 15) is 0 Å². The fraction of sp³-hybridized carbons (Fsp3) is 0. The molecule has 0 rings (SSSR count). The SMILES string of the molecule is C=C(Br)/C=N\N. The summed E-state index contributed by atoms with van der Waals surface area (Å²) in [5.41, 5.74) is 0. The highest BCUT2D eigenvalue weighted by Gasteiger charge is 1.69. The molecule has 3 heteroatoms. The lowest BCUT2D eigenvalue weighted by Gasteiger charge is -1.72. The van der Waals surface area contributed by atoms with Gasteiger partial charge in [-0.1, -0.05) is 6.58 Å². The molecule has 0 aliphatic heterocycles. The van der Waals surface area contributed by atoms with Crippen molar-refractivity contribution in [2.24, 2.45) is 10.9 Å². The maximum atomic E-state index is 4.71. The van der Waals surface area contributed by atoms with Gasteiger partial charge in [0.05, 0.1) is 6.21 Å². The van der Waals surface area contributed by atoms with Gasteiger partial charge in [-0.15, -0.1) is 0 Å². The fourth-order valence-electron chi connectivity index (χ4n) is 0.0809. The molecule has 0 aromatic carbocycles. The molecule has 2 nitrogen and oxygen atoms in total. The maximum absolute atomic E-state index is 4.71. The molecule has 0 saturated heterocycles. The van der Waals surface area contributed by atoms with E-state index in [4.69, 9.17) is 5.84 Å². The predicted molar refractivity (Wildman–Crippen MR) is 30.7 cm³/mol. The Hall–Kier alpha value is -0.310. The largest absolute Gasteiger partial charge is 0.323 e. The van der Waals surface area contributed by atoms with Crippen LogP contribution < -0.4 is 5.84 Å². The van der Waals surface area contributed by atoms with Crippen LogP contribution in [0.4, 0.5) is 0 Å². The number of hydrogen-bond donors (Lipinski definition) is 1. The van der Waals surface area contributed by atoms with Gasteiger partial charge in [-0.2, -0.15) is 5.10 Å². The highest BCUT2D eigenvalue weighted by molar-refractivity contribution is 9.12. The van der Waals surface area contributed by atoms with E-state index < -0.39 is 0 Å². The number of hydrogen-bond acceptors (Lipinski definition) is 2. The van der Waals surface area contributed by atoms with E-state index >= 15 is 0 Å². The summed E-state index contributed by atoms with van der Waals surface area (Å²) in [6.07, 6.45) is 1.42. The molecule has 0 saturated carbocycles. The summed E-state index contributed by atoms with van der Waals surface area (Å²) in [5.74, 6) is 4.71. The number of nitrogens with two attached hydrogens (primary N) is 1. The molecular weight excluding hydrogens is 144 g/mol. The van der Waals surface area contributed by atoms with Gasteiger partial charge in [0.1, 0.15) is 0 Å². The van der Waals surface area contributed by atoms with Crippen molar-refractivity contribution in [3.63, 3.8) is 0 Å². The van der Waals surface area contributed by atoms with E-state index in [1.165, 1.54) is 6.21 Å². The molecular formula is C3H5BrN2. The minimum absolute atomic E-state index is 0.685. The molecule has 34 valence electrons. The highest BCUT2D eigenvalue weighted by Crippen LogP contribution is 1.92. The van der Waals surface area contributed by atoms with Crippen molar-refractivity contribution < 1.29 is 0 Å². The van der Waals surface area contributed by atoms with E-state index in [2.05, 4.69) is 27.6 Å². The lowest BCUT2D eigenvalue weighted by atomic mass is 10.7. The van der Waals surface area contributed by atoms with Crippen LogP contribution in [0.15, 0.2) is 16.2 Å². The van der Waals surface area contributed by atoms with Gasteiger partial charge >= 0.3 is 0 Å². The molecule has 0 aliphatic carbocycles. The molecule has 0 spiro atoms. The Kier molecular flexibility index (Phi) is 2.75. The van der Waals surface area contributed by atoms with Gasteiger partial charge < -0.3 is 5.84 Å². The monoisotopic (exact) mass is 148 g/mol. The van der Waals surface area contributed by atoms with Crippen LogP contribution in [-0.4, -0.2) is 6.21 Å². The average molecular weight is 149 g/mol. The molecule has 6 heavy (non-hydrogen) atoms. The summed E-state index contributed by atoms with van der Waals surface area (Å²) in [4.78, 5) is 0. The van der Waals surface area contributed by atoms with E-state index in [0.29, 0.717) is 4.48 Å². The third-order valence-corrected chi connectivity index (χ3v) is 0.419. The third-order valence-electron chi connectivity index (χ3n) is 0.215. The van der Waals surface area contributed by atoms with Crippen molar-refractivity contribution in [3.8, 4) is 0 Å². The zero-order valence-electron chi connectivity index (χ0n) is 3.19. The standard InChI is InChI=1S/C3H5BrN2/c1-3(4)2-6-5/h2H,1,5H2/b6-2-. The molecule has 0 bridgehead atoms. The maximum Gasteiger partial charge on any atom is 0.0601 e. The summed E-state index contributed by atoms with van der Waals surface area (Å²) in [6.45, 7) is 3.43. The second kappa shape index (κ2) is 2.90. The second-order valence-corrected chi connectivity index (χ2v) is 1.74. The number of hydrazone groups is 1. The van der Waals surface area contributed by atoms with Crippen molar-refractivity contribution in [2.45, 2.75) is 0 Å². The summed E-state index contributed by atoms with van der Waals surface area (Å²) in [7, 11) is 0. The minimum atomic E-state index is 0.685. The normalized spacial score (nSPS) is 9.50. The summed E-state index contributed by atoms with van der Waals surface area (Å²) in [6, 6.07) is 0. The quantitative estimate of drug-likeness (QED) is 0.334. The Labute approximate surface area is 44.9 Å². The smallest absolute Gasteiger partial charge is 0.0601 e. The van der Waals surface area contributed by atoms with Crippen molar-refractivity contribution in [1.82, 2.24) is 0 Å². The first-order chi connectivity index (χ1) is 2.77. The van der Waals surface area contributed by atoms with Gasteiger partial charge in [0.25, 0.3) is 0 Å². The van der Waals surface area contributed by atoms with E-state index in [1.54, 1.807) is 0 Å². The Balaban J connectivity index is 3.30. The zero-order chi connectivity index (χ0) is 4.99. The van der Waals surface area contributed by atoms with Gasteiger partial charge in [0.15, 0.2) is 0 Å².